The summed E-state index contributed by atoms with van der Waals surface area (Å²) in [6.45, 7) is 0. The molecule has 346 valence electrons. The number of hydrogen-bond donors (Lipinski definition) is 2. The van der Waals surface area contributed by atoms with Gasteiger partial charge in [-0.3, -0.25) is 0 Å². The summed E-state index contributed by atoms with van der Waals surface area (Å²) in [5.41, 5.74) is 4.90. The van der Waals surface area contributed by atoms with Gasteiger partial charge in [0.15, 0.2) is 49.6 Å². The van der Waals surface area contributed by atoms with Crippen LogP contribution in [-0.2, 0) is 202 Å². The molecule has 0 spiro atoms. The number of nitrogens with one attached hydrogen (secondary N) is 4. The van der Waals surface area contributed by atoms with Gasteiger partial charge in [0.05, 0.1) is 15.6 Å². The maximum atomic E-state index is 8.66. The molecule has 4 aromatic rings. The van der Waals surface area contributed by atoms with E-state index < -0.39 is 15.6 Å². The van der Waals surface area contributed by atoms with Crippen molar-refractivity contribution in [1.29, 1.82) is 0 Å². The van der Waals surface area contributed by atoms with Crippen molar-refractivity contribution in [3.8, 4) is 22.3 Å². The molecule has 0 aliphatic carbocycles. The van der Waals surface area contributed by atoms with Gasteiger partial charge in [0.2, 0.25) is 0 Å². The average molecular weight is 1270 g/mol. The standard InChI is InChI=1S/2C10H8N2.5Mo.2H3O4P.2H2O.15O/c2*1-5-11-6-2-9(1)10-3-7-12-8-4-10;;;;;;2*1-5(2,3)4;;;;;;;;;;;;;;;;;/h2*1-8H;;;;;;2*(H3,1,2,3,4);2*1H2;;;;;;;;;;;;;;;/q;;;;;;;;;;;15*-2/p+1. The molecule has 4 aromatic heterocycles. The molecule has 4 heterocycles. The Labute approximate surface area is 389 Å². The van der Waals surface area contributed by atoms with Crippen LogP contribution < -0.4 is 39.5 Å². The summed E-state index contributed by atoms with van der Waals surface area (Å²) in [6.07, 6.45) is 15.4. The van der Waals surface area contributed by atoms with E-state index in [1.165, 1.54) is 22.3 Å². The minimum atomic E-state index is -5.14. The molecule has 0 saturated carbocycles. The van der Waals surface area contributed by atoms with Crippen molar-refractivity contribution >= 4 is 15.6 Å². The van der Waals surface area contributed by atoms with Crippen LogP contribution in [-0.4, -0.2) is 15.3 Å². The number of aromatic amines is 4. The van der Waals surface area contributed by atoms with Crippen LogP contribution in [0.2, 0.25) is 0 Å². The molecule has 11 N–H and O–H groups in total. The van der Waals surface area contributed by atoms with E-state index >= 15 is 0 Å². The zero-order valence-corrected chi connectivity index (χ0v) is 38.5. The predicted molar refractivity (Wildman–Crippen MR) is 128 cm³/mol. The Morgan fingerprint density at radius 3 is 0.482 bits per heavy atom. The van der Waals surface area contributed by atoms with Gasteiger partial charge in [0.1, 0.15) is 0 Å². The van der Waals surface area contributed by atoms with Gasteiger partial charge < -0.3 is 132 Å². The number of H-pyrrole nitrogens is 4. The van der Waals surface area contributed by atoms with Crippen molar-refractivity contribution in [2.75, 3.05) is 0 Å². The molecule has 0 radical (unpaired) electrons. The quantitative estimate of drug-likeness (QED) is 0.110. The summed E-state index contributed by atoms with van der Waals surface area (Å²) in [5, 5.41) is 0. The summed E-state index contributed by atoms with van der Waals surface area (Å²) in [7, 11) is -10.3. The van der Waals surface area contributed by atoms with Crippen molar-refractivity contribution in [3.63, 3.8) is 0 Å². The average Bonchev–Trinajstić information content (AvgIpc) is 2.80. The third-order valence-corrected chi connectivity index (χ3v) is 3.54. The first kappa shape index (κ1) is 147. The molecule has 29 nitrogen and oxygen atoms in total. The second-order valence-electron chi connectivity index (χ2n) is 6.09. The topological polar surface area (TPSA) is 715 Å². The number of phosphoric acid groups is 2. The number of hydrogen-bond acceptors (Lipinski definition) is 6. The first-order valence-corrected chi connectivity index (χ1v) is 12.3. The fraction of sp³-hybridized carbons (Fsp3) is 0. The molecule has 0 atom stereocenters. The third kappa shape index (κ3) is 94.6. The summed E-state index contributed by atoms with van der Waals surface area (Å²) >= 11 is 0. The van der Waals surface area contributed by atoms with Crippen LogP contribution in [0.5, 0.6) is 0 Å². The molecule has 0 saturated heterocycles. The normalized spacial score (nSPS) is 6.25. The Morgan fingerprint density at radius 2 is 0.411 bits per heavy atom. The van der Waals surface area contributed by atoms with Crippen LogP contribution >= 0.6 is 15.6 Å². The van der Waals surface area contributed by atoms with E-state index in [1.54, 1.807) is 0 Å². The first-order valence-electron chi connectivity index (χ1n) is 9.28. The van der Waals surface area contributed by atoms with E-state index in [0.717, 1.165) is 0 Å². The van der Waals surface area contributed by atoms with Gasteiger partial charge in [-0.1, -0.05) is 0 Å². The van der Waals surface area contributed by atoms with Crippen molar-refractivity contribution in [1.82, 2.24) is 0 Å². The number of rotatable bonds is 2. The van der Waals surface area contributed by atoms with Crippen LogP contribution in [0.4, 0.5) is 0 Å². The van der Waals surface area contributed by atoms with Crippen LogP contribution in [0.25, 0.3) is 22.3 Å². The maximum absolute atomic E-state index is 8.66. The van der Waals surface area contributed by atoms with E-state index in [1.807, 2.05) is 49.6 Å². The zero-order valence-electron chi connectivity index (χ0n) is 26.7. The Balaban J connectivity index is -0.0000000127. The van der Waals surface area contributed by atoms with Crippen molar-refractivity contribution in [2.45, 2.75) is 0 Å². The van der Waals surface area contributed by atoms with Crippen LogP contribution in [0.3, 0.4) is 0 Å². The van der Waals surface area contributed by atoms with Gasteiger partial charge in [0, 0.05) is 154 Å². The monoisotopic (exact) mass is 1270 g/mol. The van der Waals surface area contributed by atoms with Gasteiger partial charge in [-0.2, -0.15) is 0 Å². The molecule has 0 amide bonds. The molecular weight excluding hydrogens is 1240 g/mol. The Hall–Kier alpha value is -0.418. The minimum absolute atomic E-state index is 0. The third-order valence-electron chi connectivity index (χ3n) is 3.54. The van der Waals surface area contributed by atoms with Crippen molar-refractivity contribution < 1.29 is 257 Å². The smallest absolute Gasteiger partial charge is 0.167 e. The molecule has 0 fully saturated rings. The SMILES string of the molecule is O.O=P([O-])([O-])O.O=P([O-])([O-])O.[Mo].[Mo].[Mo].[Mo].[Mo].[O-2].[O-2].[O-2].[O-2].[O-2].[O-2].[O-2].[O-2].[O-2].[O-2].[O-2].[O-2].[O-2].[O-2].[O-2].[OH3+].c1cc(-c2cc[nH+]cc2)cc[nH+]1.c1cc(-c2cc[nH+]cc2)cc[nH+]1. The second kappa shape index (κ2) is 82.5. The van der Waals surface area contributed by atoms with E-state index in [4.69, 9.17) is 38.5 Å². The van der Waals surface area contributed by atoms with E-state index in [0.29, 0.717) is 0 Å². The Kier molecular flexibility index (Phi) is 216. The Morgan fingerprint density at radius 1 is 0.339 bits per heavy atom. The second-order valence-corrected chi connectivity index (χ2v) is 7.97. The zero-order chi connectivity index (χ0) is 25.5. The van der Waals surface area contributed by atoms with Gasteiger partial charge in [0.25, 0.3) is 0 Å². The predicted octanol–water partition coefficient (Wildman–Crippen LogP) is -5.96. The summed E-state index contributed by atoms with van der Waals surface area (Å²) in [4.78, 5) is 60.5. The molecule has 0 aliphatic heterocycles. The molecule has 4 rings (SSSR count). The molecule has 0 aromatic carbocycles. The largest absolute Gasteiger partial charge is 2.00 e. The maximum Gasteiger partial charge on any atom is 0.167 e. The molecule has 0 bridgehead atoms. The molecule has 36 heteroatoms. The fourth-order valence-electron chi connectivity index (χ4n) is 2.32. The summed E-state index contributed by atoms with van der Waals surface area (Å²) < 4.78 is 17.3. The van der Waals surface area contributed by atoms with Crippen molar-refractivity contribution in [2.24, 2.45) is 0 Å². The van der Waals surface area contributed by atoms with E-state index in [-0.39, 0.29) is 198 Å². The van der Waals surface area contributed by atoms with Crippen LogP contribution in [0.15, 0.2) is 98.1 Å². The Bertz CT molecular complexity index is 1020. The molecule has 0 unspecified atom stereocenters. The van der Waals surface area contributed by atoms with Crippen LogP contribution in [0, 0.1) is 0 Å². The number of pyridine rings is 4. The molecule has 56 heavy (non-hydrogen) atoms. The van der Waals surface area contributed by atoms with Gasteiger partial charge in [-0.15, -0.1) is 0 Å². The van der Waals surface area contributed by atoms with Gasteiger partial charge in [-0.05, 0) is 22.3 Å². The van der Waals surface area contributed by atoms with Gasteiger partial charge >= 0.3 is 0 Å². The molecule has 0 aliphatic rings. The van der Waals surface area contributed by atoms with Crippen LogP contribution in [0.1, 0.15) is 0 Å². The minimum Gasteiger partial charge on any atom is -2.00 e. The van der Waals surface area contributed by atoms with Crippen molar-refractivity contribution in [3.05, 3.63) is 98.1 Å². The molecular formula is C20H27Mo5N4O25P2-29. The van der Waals surface area contributed by atoms with E-state index in [2.05, 4.69) is 68.5 Å². The summed E-state index contributed by atoms with van der Waals surface area (Å²) in [6, 6.07) is 16.4. The van der Waals surface area contributed by atoms with Gasteiger partial charge in [-0.25, -0.2) is 19.9 Å². The fourth-order valence-corrected chi connectivity index (χ4v) is 2.32. The number of aromatic nitrogens is 4. The van der Waals surface area contributed by atoms with E-state index in [9.17, 15) is 0 Å². The summed E-state index contributed by atoms with van der Waals surface area (Å²) in [5.74, 6) is 0. The first-order chi connectivity index (χ1) is 15.9.